The van der Waals surface area contributed by atoms with Gasteiger partial charge >= 0.3 is 17.9 Å². The zero-order valence-electron chi connectivity index (χ0n) is 14.7. The summed E-state index contributed by atoms with van der Waals surface area (Å²) in [6.07, 6.45) is 5.39. The first-order chi connectivity index (χ1) is 13.1. The first-order valence-electron chi connectivity index (χ1n) is 8.01. The molecule has 1 aromatic carbocycles. The average molecular weight is 405 g/mol. The van der Waals surface area contributed by atoms with Crippen molar-refractivity contribution in [1.82, 2.24) is 9.78 Å². The highest BCUT2D eigenvalue weighted by molar-refractivity contribution is 6.31. The van der Waals surface area contributed by atoms with Crippen LogP contribution in [-0.4, -0.2) is 43.0 Å². The summed E-state index contributed by atoms with van der Waals surface area (Å²) >= 11 is 5.64. The van der Waals surface area contributed by atoms with Crippen LogP contribution in [0.2, 0.25) is 0 Å². The van der Waals surface area contributed by atoms with Crippen molar-refractivity contribution in [3.05, 3.63) is 71.0 Å². The third-order valence-corrected chi connectivity index (χ3v) is 4.16. The number of aromatic nitrogens is 2. The minimum absolute atomic E-state index is 0.0161. The monoisotopic (exact) mass is 404 g/mol. The number of halogens is 1. The molecule has 2 aromatic rings. The first kappa shape index (κ1) is 20.9. The summed E-state index contributed by atoms with van der Waals surface area (Å²) < 4.78 is 1.53. The van der Waals surface area contributed by atoms with Gasteiger partial charge in [-0.05, 0) is 37.6 Å². The van der Waals surface area contributed by atoms with Crippen molar-refractivity contribution in [2.45, 2.75) is 13.3 Å². The molecule has 0 saturated heterocycles. The van der Waals surface area contributed by atoms with Crippen molar-refractivity contribution in [3.63, 3.8) is 0 Å². The zero-order valence-corrected chi connectivity index (χ0v) is 15.5. The Morgan fingerprint density at radius 2 is 1.75 bits per heavy atom. The number of aliphatic carboxylic acids is 2. The summed E-state index contributed by atoms with van der Waals surface area (Å²) in [6, 6.07) is 9.36. The number of carboxylic acids is 3. The zero-order chi connectivity index (χ0) is 20.9. The lowest BCUT2D eigenvalue weighted by molar-refractivity contribution is -0.145. The molecule has 0 fully saturated rings. The van der Waals surface area contributed by atoms with Gasteiger partial charge in [-0.3, -0.25) is 4.79 Å². The molecule has 1 aliphatic carbocycles. The Bertz CT molecular complexity index is 964. The molecule has 1 aromatic heterocycles. The molecular weight excluding hydrogens is 388 g/mol. The molecule has 0 aliphatic heterocycles. The minimum atomic E-state index is -1.22. The van der Waals surface area contributed by atoms with E-state index < -0.39 is 23.3 Å². The molecule has 8 nitrogen and oxygen atoms in total. The highest BCUT2D eigenvalue weighted by atomic mass is 35.5. The van der Waals surface area contributed by atoms with Gasteiger partial charge in [0.2, 0.25) is 0 Å². The van der Waals surface area contributed by atoms with Crippen LogP contribution in [0.4, 0.5) is 0 Å². The van der Waals surface area contributed by atoms with Gasteiger partial charge in [0.25, 0.3) is 0 Å². The van der Waals surface area contributed by atoms with Gasteiger partial charge in [-0.2, -0.15) is 5.10 Å². The number of carbonyl (C=O) groups is 3. The van der Waals surface area contributed by atoms with Crippen LogP contribution in [0.5, 0.6) is 0 Å². The number of allylic oxidation sites excluding steroid dienone is 2. The van der Waals surface area contributed by atoms with Crippen LogP contribution < -0.4 is 0 Å². The van der Waals surface area contributed by atoms with Crippen molar-refractivity contribution in [1.29, 1.82) is 0 Å². The Kier molecular flexibility index (Phi) is 6.37. The Hall–Kier alpha value is -3.39. The van der Waals surface area contributed by atoms with Crippen molar-refractivity contribution in [3.8, 4) is 5.69 Å². The van der Waals surface area contributed by atoms with Gasteiger partial charge in [0.05, 0.1) is 22.9 Å². The standard InChI is InChI=1S/C10H8N2O2.C9H9ClO4/c13-10(14)8-6-11-12(7-8)9-4-2-1-3-5-9;1-9(8(13)14)3-5(7(11)12)2-6(10)4-9/h1-7H,(H,13,14);2,4H,3H2,1H3,(H,11,12)(H,13,14). The van der Waals surface area contributed by atoms with E-state index in [1.165, 1.54) is 36.2 Å². The smallest absolute Gasteiger partial charge is 0.338 e. The Morgan fingerprint density at radius 1 is 1.11 bits per heavy atom. The fraction of sp³-hybridized carbons (Fsp3) is 0.158. The van der Waals surface area contributed by atoms with Crippen LogP contribution in [0.1, 0.15) is 23.7 Å². The highest BCUT2D eigenvalue weighted by Gasteiger charge is 2.36. The molecule has 0 saturated carbocycles. The SMILES string of the molecule is CC1(C(=O)O)C=C(Cl)C=C(C(=O)O)C1.O=C(O)c1cnn(-c2ccccc2)c1. The van der Waals surface area contributed by atoms with Crippen molar-refractivity contribution < 1.29 is 29.7 Å². The Morgan fingerprint density at radius 3 is 2.25 bits per heavy atom. The van der Waals surface area contributed by atoms with E-state index in [2.05, 4.69) is 5.10 Å². The summed E-state index contributed by atoms with van der Waals surface area (Å²) in [4.78, 5) is 32.1. The molecule has 3 N–H and O–H groups in total. The van der Waals surface area contributed by atoms with Gasteiger partial charge in [-0.1, -0.05) is 29.8 Å². The fourth-order valence-corrected chi connectivity index (χ4v) is 2.81. The molecule has 9 heteroatoms. The second-order valence-electron chi connectivity index (χ2n) is 6.22. The third-order valence-electron chi connectivity index (χ3n) is 3.94. The van der Waals surface area contributed by atoms with Crippen LogP contribution in [0, 0.1) is 5.41 Å². The number of benzene rings is 1. The lowest BCUT2D eigenvalue weighted by atomic mass is 9.80. The minimum Gasteiger partial charge on any atom is -0.481 e. The number of aromatic carboxylic acids is 1. The van der Waals surface area contributed by atoms with Crippen LogP contribution in [-0.2, 0) is 9.59 Å². The third kappa shape index (κ3) is 5.08. The number of hydrogen-bond donors (Lipinski definition) is 3. The molecule has 0 spiro atoms. The number of para-hydroxylation sites is 1. The maximum Gasteiger partial charge on any atom is 0.338 e. The van der Waals surface area contributed by atoms with E-state index in [0.29, 0.717) is 0 Å². The van der Waals surface area contributed by atoms with E-state index in [9.17, 15) is 14.4 Å². The van der Waals surface area contributed by atoms with Gasteiger partial charge in [0.15, 0.2) is 0 Å². The summed E-state index contributed by atoms with van der Waals surface area (Å²) in [5.41, 5.74) is -0.171. The van der Waals surface area contributed by atoms with Crippen LogP contribution in [0.25, 0.3) is 5.69 Å². The van der Waals surface area contributed by atoms with Crippen molar-refractivity contribution in [2.75, 3.05) is 0 Å². The van der Waals surface area contributed by atoms with E-state index in [1.54, 1.807) is 0 Å². The normalized spacial score (nSPS) is 18.2. The van der Waals surface area contributed by atoms with Gasteiger partial charge in [-0.15, -0.1) is 0 Å². The highest BCUT2D eigenvalue weighted by Crippen LogP contribution is 2.35. The maximum atomic E-state index is 10.9. The number of carboxylic acid groups (broad SMARTS) is 3. The predicted molar refractivity (Wildman–Crippen MR) is 101 cm³/mol. The molecule has 0 amide bonds. The molecule has 1 atom stereocenters. The Labute approximate surface area is 165 Å². The molecule has 3 rings (SSSR count). The van der Waals surface area contributed by atoms with E-state index >= 15 is 0 Å². The van der Waals surface area contributed by atoms with Crippen LogP contribution in [0.15, 0.2) is 65.5 Å². The average Bonchev–Trinajstić information content (AvgIpc) is 3.12. The number of nitrogens with zero attached hydrogens (tertiary/aromatic N) is 2. The molecule has 0 bridgehead atoms. The second-order valence-corrected chi connectivity index (χ2v) is 6.65. The van der Waals surface area contributed by atoms with Gasteiger partial charge in [0, 0.05) is 16.8 Å². The second kappa shape index (κ2) is 8.53. The number of rotatable bonds is 4. The topological polar surface area (TPSA) is 130 Å². The molecule has 146 valence electrons. The summed E-state index contributed by atoms with van der Waals surface area (Å²) in [5, 5.41) is 30.4. The molecule has 0 radical (unpaired) electrons. The molecule has 1 unspecified atom stereocenters. The van der Waals surface area contributed by atoms with E-state index in [1.807, 2.05) is 30.3 Å². The largest absolute Gasteiger partial charge is 0.481 e. The molecule has 1 heterocycles. The lowest BCUT2D eigenvalue weighted by Gasteiger charge is -2.24. The van der Waals surface area contributed by atoms with Crippen molar-refractivity contribution in [2.24, 2.45) is 5.41 Å². The van der Waals surface area contributed by atoms with Gasteiger partial charge in [0.1, 0.15) is 0 Å². The Balaban J connectivity index is 0.000000200. The lowest BCUT2D eigenvalue weighted by Crippen LogP contribution is -2.29. The predicted octanol–water partition coefficient (Wildman–Crippen LogP) is 3.19. The van der Waals surface area contributed by atoms with Gasteiger partial charge < -0.3 is 15.3 Å². The van der Waals surface area contributed by atoms with E-state index in [0.717, 1.165) is 5.69 Å². The number of hydrogen-bond acceptors (Lipinski definition) is 4. The summed E-state index contributed by atoms with van der Waals surface area (Å²) in [7, 11) is 0. The van der Waals surface area contributed by atoms with Crippen molar-refractivity contribution >= 4 is 29.5 Å². The molecular formula is C19H17ClN2O6. The van der Waals surface area contributed by atoms with Gasteiger partial charge in [-0.25, -0.2) is 14.3 Å². The van der Waals surface area contributed by atoms with E-state index in [-0.39, 0.29) is 22.6 Å². The quantitative estimate of drug-likeness (QED) is 0.713. The fourth-order valence-electron chi connectivity index (χ4n) is 2.44. The van der Waals surface area contributed by atoms with Crippen LogP contribution >= 0.6 is 11.6 Å². The van der Waals surface area contributed by atoms with Crippen LogP contribution in [0.3, 0.4) is 0 Å². The molecule has 1 aliphatic rings. The molecule has 28 heavy (non-hydrogen) atoms. The summed E-state index contributed by atoms with van der Waals surface area (Å²) in [6.45, 7) is 1.44. The van der Waals surface area contributed by atoms with E-state index in [4.69, 9.17) is 26.9 Å². The maximum absolute atomic E-state index is 10.9. The summed E-state index contributed by atoms with van der Waals surface area (Å²) in [5.74, 6) is -3.18. The first-order valence-corrected chi connectivity index (χ1v) is 8.39.